The van der Waals surface area contributed by atoms with Crippen LogP contribution in [0.1, 0.15) is 89.6 Å². The first-order valence-corrected chi connectivity index (χ1v) is 27.1. The van der Waals surface area contributed by atoms with Crippen LogP contribution in [0.25, 0.3) is 33.4 Å². The minimum Gasteiger partial charge on any atom is -0.462 e. The van der Waals surface area contributed by atoms with Crippen molar-refractivity contribution in [2.75, 3.05) is 71.2 Å². The molecular formula is C50H69N9O9S2. The van der Waals surface area contributed by atoms with E-state index in [2.05, 4.69) is 57.3 Å². The van der Waals surface area contributed by atoms with Crippen LogP contribution < -0.4 is 15.6 Å². The molecule has 70 heavy (non-hydrogen) atoms. The number of methoxy groups -OCH3 is 1. The molecule has 3 aromatic heterocycles. The lowest BCUT2D eigenvalue weighted by Crippen LogP contribution is -2.67. The van der Waals surface area contributed by atoms with Gasteiger partial charge in [0.2, 0.25) is 17.5 Å². The number of rotatable bonds is 10. The average Bonchev–Trinajstić information content (AvgIpc) is 4.03. The molecule has 3 N–H and O–H groups in total. The highest BCUT2D eigenvalue weighted by Crippen LogP contribution is 2.43. The maximum Gasteiger partial charge on any atom is 0.355 e. The van der Waals surface area contributed by atoms with Gasteiger partial charge in [0, 0.05) is 99.1 Å². The van der Waals surface area contributed by atoms with E-state index >= 15 is 0 Å². The molecule has 20 heteroatoms. The topological polar surface area (TPSA) is 209 Å². The number of sulfone groups is 1. The molecule has 4 aliphatic rings. The minimum absolute atomic E-state index is 0.0384. The maximum absolute atomic E-state index is 14.7. The number of pyridine rings is 1. The lowest BCUT2D eigenvalue weighted by Gasteiger charge is -2.40. The van der Waals surface area contributed by atoms with Gasteiger partial charge in [-0.15, -0.1) is 11.3 Å². The molecule has 0 radical (unpaired) electrons. The SMILES string of the molecule is CCn1c(-c2cc(N3CCN(C)CC3)cnc2[C@H](C)OC)c2c3cc(ccc31)-c1csc(n1)C[C@H](NC(=O)[C@H](C(C)C)N(C)C(=O)[C@H]1CCCS1(=O)=O)C(=O)N1CCC[C@@](O)(N1)C(=O)OCC(C)(C)C2. The smallest absolute Gasteiger partial charge is 0.355 e. The number of hydrazine groups is 1. The van der Waals surface area contributed by atoms with E-state index in [4.69, 9.17) is 19.4 Å². The van der Waals surface area contributed by atoms with E-state index in [1.807, 2.05) is 38.4 Å². The predicted octanol–water partition coefficient (Wildman–Crippen LogP) is 4.33. The largest absolute Gasteiger partial charge is 0.462 e. The first-order valence-electron chi connectivity index (χ1n) is 24.5. The Morgan fingerprint density at radius 1 is 1.10 bits per heavy atom. The van der Waals surface area contributed by atoms with Crippen molar-refractivity contribution in [1.82, 2.24) is 40.1 Å². The lowest BCUT2D eigenvalue weighted by atomic mass is 9.84. The van der Waals surface area contributed by atoms with Crippen LogP contribution >= 0.6 is 11.3 Å². The van der Waals surface area contributed by atoms with Crippen molar-refractivity contribution in [3.63, 3.8) is 0 Å². The number of cyclic esters (lactones) is 1. The predicted molar refractivity (Wildman–Crippen MR) is 268 cm³/mol. The third-order valence-electron chi connectivity index (χ3n) is 14.5. The number of esters is 1. The first kappa shape index (κ1) is 51.4. The third kappa shape index (κ3) is 10.2. The number of hydrogen-bond acceptors (Lipinski definition) is 15. The minimum atomic E-state index is -3.67. The molecule has 0 aliphatic carbocycles. The van der Waals surface area contributed by atoms with Crippen LogP contribution in [0.15, 0.2) is 35.8 Å². The van der Waals surface area contributed by atoms with Gasteiger partial charge in [-0.1, -0.05) is 33.8 Å². The van der Waals surface area contributed by atoms with E-state index in [9.17, 15) is 32.7 Å². The van der Waals surface area contributed by atoms with E-state index in [1.54, 1.807) is 21.0 Å². The average molecular weight is 1000 g/mol. The number of piperazine rings is 1. The molecule has 3 amide bonds. The van der Waals surface area contributed by atoms with E-state index in [0.717, 1.165) is 75.9 Å². The number of ether oxygens (including phenoxy) is 2. The van der Waals surface area contributed by atoms with Gasteiger partial charge in [-0.05, 0) is 76.3 Å². The number of fused-ring (bicyclic) bond motifs is 6. The number of aliphatic hydroxyl groups is 1. The Bertz CT molecular complexity index is 2750. The van der Waals surface area contributed by atoms with Crippen molar-refractivity contribution >= 4 is 61.5 Å². The normalized spacial score (nSPS) is 24.0. The van der Waals surface area contributed by atoms with E-state index < -0.39 is 67.9 Å². The van der Waals surface area contributed by atoms with Crippen LogP contribution in [-0.2, 0) is 57.9 Å². The van der Waals surface area contributed by atoms with Gasteiger partial charge < -0.3 is 39.2 Å². The summed E-state index contributed by atoms with van der Waals surface area (Å²) in [7, 11) is 1.57. The second-order valence-electron chi connectivity index (χ2n) is 20.6. The van der Waals surface area contributed by atoms with Crippen molar-refractivity contribution in [2.45, 2.75) is 116 Å². The van der Waals surface area contributed by atoms with Crippen LogP contribution in [0.5, 0.6) is 0 Å². The number of likely N-dealkylation sites (N-methyl/N-ethyl adjacent to an activating group) is 2. The number of nitrogens with zero attached hydrogens (tertiary/aromatic N) is 7. The summed E-state index contributed by atoms with van der Waals surface area (Å²) in [5.41, 5.74) is 7.11. The number of aromatic nitrogens is 3. The van der Waals surface area contributed by atoms with Gasteiger partial charge in [0.15, 0.2) is 9.84 Å². The zero-order valence-corrected chi connectivity index (χ0v) is 43.5. The van der Waals surface area contributed by atoms with Gasteiger partial charge >= 0.3 is 5.97 Å². The summed E-state index contributed by atoms with van der Waals surface area (Å²) in [6, 6.07) is 6.12. The molecule has 6 bridgehead atoms. The van der Waals surface area contributed by atoms with Crippen molar-refractivity contribution < 1.29 is 42.2 Å². The van der Waals surface area contributed by atoms with E-state index in [-0.39, 0.29) is 50.7 Å². The molecule has 4 aliphatic heterocycles. The van der Waals surface area contributed by atoms with Crippen LogP contribution in [0, 0.1) is 11.3 Å². The van der Waals surface area contributed by atoms with Crippen molar-refractivity contribution in [3.05, 3.63) is 52.1 Å². The Kier molecular flexibility index (Phi) is 14.9. The Morgan fingerprint density at radius 2 is 1.84 bits per heavy atom. The number of hydrogen-bond donors (Lipinski definition) is 3. The van der Waals surface area contributed by atoms with Gasteiger partial charge in [-0.2, -0.15) is 5.43 Å². The number of aryl methyl sites for hydroxylation is 1. The summed E-state index contributed by atoms with van der Waals surface area (Å²) in [6.45, 7) is 15.9. The third-order valence-corrected chi connectivity index (χ3v) is 17.5. The summed E-state index contributed by atoms with van der Waals surface area (Å²) in [6.07, 6.45) is 2.75. The molecule has 4 aromatic rings. The second kappa shape index (κ2) is 20.3. The summed E-state index contributed by atoms with van der Waals surface area (Å²) in [5.74, 6) is -3.47. The fourth-order valence-electron chi connectivity index (χ4n) is 10.5. The van der Waals surface area contributed by atoms with Gasteiger partial charge in [0.25, 0.3) is 5.91 Å². The molecule has 1 aromatic carbocycles. The first-order chi connectivity index (χ1) is 33.1. The summed E-state index contributed by atoms with van der Waals surface area (Å²) in [5, 5.41) is 18.2. The molecular weight excluding hydrogens is 935 g/mol. The molecule has 18 nitrogen and oxygen atoms in total. The Hall–Kier alpha value is -4.99. The molecule has 8 rings (SSSR count). The Labute approximate surface area is 415 Å². The van der Waals surface area contributed by atoms with Crippen molar-refractivity contribution in [3.8, 4) is 22.5 Å². The fraction of sp³-hybridized carbons (Fsp3) is 0.600. The molecule has 5 atom stereocenters. The second-order valence-corrected chi connectivity index (χ2v) is 23.9. The summed E-state index contributed by atoms with van der Waals surface area (Å²) >= 11 is 1.33. The van der Waals surface area contributed by atoms with Crippen LogP contribution in [0.2, 0.25) is 0 Å². The number of amides is 3. The van der Waals surface area contributed by atoms with Gasteiger partial charge in [-0.3, -0.25) is 24.4 Å². The number of thiazole rings is 1. The van der Waals surface area contributed by atoms with E-state index in [1.165, 1.54) is 23.3 Å². The van der Waals surface area contributed by atoms with Gasteiger partial charge in [0.1, 0.15) is 17.3 Å². The quantitative estimate of drug-likeness (QED) is 0.189. The summed E-state index contributed by atoms with van der Waals surface area (Å²) < 4.78 is 39.9. The molecule has 0 spiro atoms. The number of carbonyl (C=O) groups is 4. The van der Waals surface area contributed by atoms with Gasteiger partial charge in [-0.25, -0.2) is 18.2 Å². The Morgan fingerprint density at radius 3 is 2.51 bits per heavy atom. The highest BCUT2D eigenvalue weighted by atomic mass is 32.2. The molecule has 0 unspecified atom stereocenters. The molecule has 3 fully saturated rings. The molecule has 380 valence electrons. The van der Waals surface area contributed by atoms with Crippen LogP contribution in [0.3, 0.4) is 0 Å². The van der Waals surface area contributed by atoms with Crippen LogP contribution in [0.4, 0.5) is 5.69 Å². The zero-order chi connectivity index (χ0) is 50.4. The molecule has 3 saturated heterocycles. The zero-order valence-electron chi connectivity index (χ0n) is 41.9. The monoisotopic (exact) mass is 1000 g/mol. The fourth-order valence-corrected chi connectivity index (χ4v) is 13.2. The van der Waals surface area contributed by atoms with E-state index in [0.29, 0.717) is 30.1 Å². The molecule has 0 saturated carbocycles. The van der Waals surface area contributed by atoms with Gasteiger partial charge in [0.05, 0.1) is 52.4 Å². The number of benzene rings is 1. The molecule has 7 heterocycles. The lowest BCUT2D eigenvalue weighted by molar-refractivity contribution is -0.189. The number of nitrogens with one attached hydrogen (secondary N) is 2. The maximum atomic E-state index is 14.7. The highest BCUT2D eigenvalue weighted by Gasteiger charge is 2.47. The summed E-state index contributed by atoms with van der Waals surface area (Å²) in [4.78, 5) is 72.9. The van der Waals surface area contributed by atoms with Crippen LogP contribution in [-0.4, -0.2) is 156 Å². The van der Waals surface area contributed by atoms with Crippen molar-refractivity contribution in [2.24, 2.45) is 11.3 Å². The number of anilines is 1. The van der Waals surface area contributed by atoms with Crippen molar-refractivity contribution in [1.29, 1.82) is 0 Å². The Balaban J connectivity index is 1.23. The standard InChI is InChI=1S/C50H69N9O9S2/c1-10-58-39-15-14-32-23-34(39)36(44(58)35-24-33(27-51-42(35)31(4)67-9)57-20-18-55(7)19-21-57)26-49(5,6)29-68-48(63)50(64)16-12-17-59(54-50)46(61)37(25-41-52-38(32)28-69-41)53-45(60)43(30(2)3)56(8)47(62)40-13-11-22-70(40,65)66/h14-15,23-24,27-28,30-31,37,40,43,54,64H,10-13,16-22,25-26,29H2,1-9H3,(H,53,60)/t31-,37-,40+,43-,50-/m0/s1. The highest BCUT2D eigenvalue weighted by molar-refractivity contribution is 7.93. The number of carbonyl (C=O) groups excluding carboxylic acids is 4.